The van der Waals surface area contributed by atoms with E-state index in [0.717, 1.165) is 44.9 Å². The van der Waals surface area contributed by atoms with Crippen molar-refractivity contribution in [2.75, 3.05) is 14.2 Å². The Balaban J connectivity index is 3.48. The molecule has 1 unspecified atom stereocenters. The minimum absolute atomic E-state index is 0.161. The van der Waals surface area contributed by atoms with E-state index in [1.807, 2.05) is 0 Å². The molecule has 0 aromatic rings. The fourth-order valence-electron chi connectivity index (χ4n) is 2.22. The lowest BCUT2D eigenvalue weighted by Crippen LogP contribution is -2.30. The standard InChI is InChI=1S/C15H27NO6/c1-21-14(17)12-10-8-6-4-3-5-7-9-11-13(16(19)20)15(18)22-2/h13H,3-12H2,1-2H3. The first-order valence-electron chi connectivity index (χ1n) is 7.81. The second-order valence-corrected chi connectivity index (χ2v) is 5.27. The summed E-state index contributed by atoms with van der Waals surface area (Å²) in [6.07, 6.45) is 8.37. The number of hydrogen-bond donors (Lipinski definition) is 0. The van der Waals surface area contributed by atoms with Gasteiger partial charge in [0, 0.05) is 17.8 Å². The normalized spacial score (nSPS) is 11.7. The molecule has 0 aliphatic heterocycles. The highest BCUT2D eigenvalue weighted by Gasteiger charge is 2.29. The van der Waals surface area contributed by atoms with E-state index >= 15 is 0 Å². The molecule has 128 valence electrons. The Morgan fingerprint density at radius 3 is 1.86 bits per heavy atom. The number of hydrogen-bond acceptors (Lipinski definition) is 6. The van der Waals surface area contributed by atoms with Gasteiger partial charge in [0.1, 0.15) is 0 Å². The average molecular weight is 317 g/mol. The Labute approximate surface area is 131 Å². The van der Waals surface area contributed by atoms with Crippen molar-refractivity contribution in [3.8, 4) is 0 Å². The number of nitro groups is 1. The number of esters is 2. The first kappa shape index (κ1) is 20.3. The number of carbonyl (C=O) groups excluding carboxylic acids is 2. The van der Waals surface area contributed by atoms with Crippen molar-refractivity contribution in [1.29, 1.82) is 0 Å². The largest absolute Gasteiger partial charge is 0.469 e. The maximum Gasteiger partial charge on any atom is 0.381 e. The summed E-state index contributed by atoms with van der Waals surface area (Å²) in [6.45, 7) is 0. The van der Waals surface area contributed by atoms with Crippen molar-refractivity contribution in [2.45, 2.75) is 70.3 Å². The summed E-state index contributed by atoms with van der Waals surface area (Å²) >= 11 is 0. The van der Waals surface area contributed by atoms with E-state index in [1.165, 1.54) is 14.2 Å². The predicted octanol–water partition coefficient (Wildman–Crippen LogP) is 2.88. The molecule has 1 atom stereocenters. The highest BCUT2D eigenvalue weighted by atomic mass is 16.6. The lowest BCUT2D eigenvalue weighted by Gasteiger charge is -2.07. The van der Waals surface area contributed by atoms with Crippen molar-refractivity contribution in [1.82, 2.24) is 0 Å². The van der Waals surface area contributed by atoms with Crippen molar-refractivity contribution in [2.24, 2.45) is 0 Å². The van der Waals surface area contributed by atoms with Crippen LogP contribution in [0.25, 0.3) is 0 Å². The van der Waals surface area contributed by atoms with Gasteiger partial charge in [0.2, 0.25) is 0 Å². The molecule has 7 heteroatoms. The lowest BCUT2D eigenvalue weighted by molar-refractivity contribution is -0.511. The molecule has 0 bridgehead atoms. The van der Waals surface area contributed by atoms with E-state index in [2.05, 4.69) is 9.47 Å². The Bertz CT molecular complexity index is 345. The molecule has 0 heterocycles. The second kappa shape index (κ2) is 13.0. The molecule has 0 aliphatic carbocycles. The molecule has 0 saturated carbocycles. The van der Waals surface area contributed by atoms with Gasteiger partial charge in [0.15, 0.2) is 0 Å². The van der Waals surface area contributed by atoms with E-state index in [0.29, 0.717) is 12.8 Å². The zero-order valence-electron chi connectivity index (χ0n) is 13.5. The molecular weight excluding hydrogens is 290 g/mol. The number of methoxy groups -OCH3 is 2. The number of unbranched alkanes of at least 4 members (excludes halogenated alkanes) is 7. The molecule has 0 amide bonds. The zero-order valence-corrected chi connectivity index (χ0v) is 13.5. The van der Waals surface area contributed by atoms with Crippen LogP contribution in [-0.4, -0.2) is 37.1 Å². The predicted molar refractivity (Wildman–Crippen MR) is 81.0 cm³/mol. The Morgan fingerprint density at radius 2 is 1.41 bits per heavy atom. The fourth-order valence-corrected chi connectivity index (χ4v) is 2.22. The van der Waals surface area contributed by atoms with Crippen LogP contribution in [0.3, 0.4) is 0 Å². The molecule has 0 aromatic carbocycles. The third-order valence-corrected chi connectivity index (χ3v) is 3.56. The molecular formula is C15H27NO6. The summed E-state index contributed by atoms with van der Waals surface area (Å²) in [6, 6.07) is -1.23. The van der Waals surface area contributed by atoms with E-state index < -0.39 is 16.9 Å². The maximum absolute atomic E-state index is 11.2. The Kier molecular flexibility index (Phi) is 12.1. The van der Waals surface area contributed by atoms with Gasteiger partial charge in [0.25, 0.3) is 0 Å². The highest BCUT2D eigenvalue weighted by Crippen LogP contribution is 2.13. The van der Waals surface area contributed by atoms with Gasteiger partial charge < -0.3 is 9.47 Å². The second-order valence-electron chi connectivity index (χ2n) is 5.27. The van der Waals surface area contributed by atoms with Crippen LogP contribution in [0.2, 0.25) is 0 Å². The van der Waals surface area contributed by atoms with Crippen LogP contribution in [-0.2, 0) is 19.1 Å². The number of nitrogens with zero attached hydrogens (tertiary/aromatic N) is 1. The van der Waals surface area contributed by atoms with Gasteiger partial charge in [0.05, 0.1) is 14.2 Å². The summed E-state index contributed by atoms with van der Waals surface area (Å²) in [7, 11) is 2.56. The molecule has 0 N–H and O–H groups in total. The molecule has 7 nitrogen and oxygen atoms in total. The fraction of sp³-hybridized carbons (Fsp3) is 0.867. The van der Waals surface area contributed by atoms with E-state index in [1.54, 1.807) is 0 Å². The molecule has 0 rings (SSSR count). The van der Waals surface area contributed by atoms with Gasteiger partial charge in [-0.1, -0.05) is 38.5 Å². The SMILES string of the molecule is COC(=O)CCCCCCCCCCC(C(=O)OC)[N+](=O)[O-]. The molecule has 0 radical (unpaired) electrons. The van der Waals surface area contributed by atoms with Gasteiger partial charge in [-0.2, -0.15) is 0 Å². The summed E-state index contributed by atoms with van der Waals surface area (Å²) < 4.78 is 8.98. The summed E-state index contributed by atoms with van der Waals surface area (Å²) in [5, 5.41) is 10.7. The molecule has 0 aliphatic rings. The minimum atomic E-state index is -1.23. The average Bonchev–Trinajstić information content (AvgIpc) is 2.51. The van der Waals surface area contributed by atoms with Gasteiger partial charge in [-0.3, -0.25) is 14.9 Å². The summed E-state index contributed by atoms with van der Waals surface area (Å²) in [5.74, 6) is -0.929. The molecule has 0 saturated heterocycles. The lowest BCUT2D eigenvalue weighted by atomic mass is 10.0. The first-order valence-corrected chi connectivity index (χ1v) is 7.81. The highest BCUT2D eigenvalue weighted by molar-refractivity contribution is 5.74. The molecule has 0 fully saturated rings. The van der Waals surface area contributed by atoms with E-state index in [4.69, 9.17) is 0 Å². The Hall–Kier alpha value is -1.66. The maximum atomic E-state index is 11.2. The van der Waals surface area contributed by atoms with Gasteiger partial charge in [-0.15, -0.1) is 0 Å². The first-order chi connectivity index (χ1) is 10.5. The van der Waals surface area contributed by atoms with Crippen LogP contribution in [0.4, 0.5) is 0 Å². The number of carbonyl (C=O) groups is 2. The van der Waals surface area contributed by atoms with Crippen LogP contribution in [0.5, 0.6) is 0 Å². The number of ether oxygens (including phenoxy) is 2. The van der Waals surface area contributed by atoms with Crippen LogP contribution < -0.4 is 0 Å². The summed E-state index contributed by atoms with van der Waals surface area (Å²) in [5.41, 5.74) is 0. The van der Waals surface area contributed by atoms with Crippen LogP contribution in [0.1, 0.15) is 64.2 Å². The third kappa shape index (κ3) is 10.1. The van der Waals surface area contributed by atoms with Crippen molar-refractivity contribution in [3.05, 3.63) is 10.1 Å². The van der Waals surface area contributed by atoms with Crippen LogP contribution in [0, 0.1) is 10.1 Å². The van der Waals surface area contributed by atoms with Crippen LogP contribution in [0.15, 0.2) is 0 Å². The summed E-state index contributed by atoms with van der Waals surface area (Å²) in [4.78, 5) is 32.2. The van der Waals surface area contributed by atoms with Crippen molar-refractivity contribution >= 4 is 11.9 Å². The molecule has 22 heavy (non-hydrogen) atoms. The monoisotopic (exact) mass is 317 g/mol. The smallest absolute Gasteiger partial charge is 0.381 e. The topological polar surface area (TPSA) is 95.7 Å². The van der Waals surface area contributed by atoms with Crippen molar-refractivity contribution in [3.63, 3.8) is 0 Å². The van der Waals surface area contributed by atoms with Gasteiger partial charge in [-0.25, -0.2) is 4.79 Å². The van der Waals surface area contributed by atoms with E-state index in [9.17, 15) is 19.7 Å². The van der Waals surface area contributed by atoms with Gasteiger partial charge >= 0.3 is 18.0 Å². The van der Waals surface area contributed by atoms with Crippen LogP contribution >= 0.6 is 0 Å². The van der Waals surface area contributed by atoms with Gasteiger partial charge in [-0.05, 0) is 12.8 Å². The van der Waals surface area contributed by atoms with Crippen molar-refractivity contribution < 1.29 is 24.0 Å². The number of rotatable bonds is 13. The zero-order chi connectivity index (χ0) is 16.8. The minimum Gasteiger partial charge on any atom is -0.469 e. The third-order valence-electron chi connectivity index (χ3n) is 3.56. The Morgan fingerprint density at radius 1 is 0.909 bits per heavy atom. The van der Waals surface area contributed by atoms with E-state index in [-0.39, 0.29) is 12.4 Å². The molecule has 0 aromatic heterocycles. The quantitative estimate of drug-likeness (QED) is 0.224. The molecule has 0 spiro atoms.